The van der Waals surface area contributed by atoms with E-state index in [1.54, 1.807) is 0 Å². The van der Waals surface area contributed by atoms with Crippen LogP contribution in [0.3, 0.4) is 0 Å². The summed E-state index contributed by atoms with van der Waals surface area (Å²) in [6.07, 6.45) is 0.593. The highest BCUT2D eigenvalue weighted by atomic mass is 79.9. The van der Waals surface area contributed by atoms with E-state index in [0.29, 0.717) is 18.1 Å². The largest absolute Gasteiger partial charge is 0.439 e. The van der Waals surface area contributed by atoms with Crippen LogP contribution in [0.1, 0.15) is 29.0 Å². The van der Waals surface area contributed by atoms with Crippen LogP contribution in [-0.4, -0.2) is 42.3 Å². The van der Waals surface area contributed by atoms with Gasteiger partial charge in [-0.05, 0) is 47.5 Å². The lowest BCUT2D eigenvalue weighted by molar-refractivity contribution is -0.871. The molecular formula is C28H28BrN2O2+. The first-order valence-corrected chi connectivity index (χ1v) is 12.0. The number of benzene rings is 3. The van der Waals surface area contributed by atoms with Gasteiger partial charge in [-0.3, -0.25) is 0 Å². The summed E-state index contributed by atoms with van der Waals surface area (Å²) in [5.41, 5.74) is 2.51. The van der Waals surface area contributed by atoms with Crippen LogP contribution in [0.15, 0.2) is 83.3 Å². The molecule has 1 aliphatic heterocycles. The highest BCUT2D eigenvalue weighted by Gasteiger charge is 2.44. The van der Waals surface area contributed by atoms with Crippen molar-refractivity contribution in [1.82, 2.24) is 4.98 Å². The first-order chi connectivity index (χ1) is 15.7. The van der Waals surface area contributed by atoms with Crippen LogP contribution in [0, 0.1) is 0 Å². The van der Waals surface area contributed by atoms with Crippen molar-refractivity contribution in [2.45, 2.75) is 17.9 Å². The summed E-state index contributed by atoms with van der Waals surface area (Å²) >= 11 is 3.59. The average Bonchev–Trinajstić information content (AvgIpc) is 2.78. The molecule has 4 nitrogen and oxygen atoms in total. The topological polar surface area (TPSA) is 42.4 Å². The Morgan fingerprint density at radius 1 is 0.970 bits per heavy atom. The fourth-order valence-corrected chi connectivity index (χ4v) is 5.07. The van der Waals surface area contributed by atoms with E-state index in [1.807, 2.05) is 54.6 Å². The van der Waals surface area contributed by atoms with Crippen molar-refractivity contribution < 1.29 is 14.3 Å². The summed E-state index contributed by atoms with van der Waals surface area (Å²) in [4.78, 5) is 4.90. The van der Waals surface area contributed by atoms with E-state index >= 15 is 0 Å². The SMILES string of the molecule is C[N+](C)(C)CCC1(O)c2cccc(c2)Oc2nc3ccc(Br)cc3cc2C1c1ccccc1. The van der Waals surface area contributed by atoms with E-state index in [-0.39, 0.29) is 5.92 Å². The van der Waals surface area contributed by atoms with E-state index in [1.165, 1.54) is 0 Å². The molecule has 5 rings (SSSR count). The molecule has 0 fully saturated rings. The molecule has 3 aromatic carbocycles. The number of aliphatic hydroxyl groups is 1. The van der Waals surface area contributed by atoms with Gasteiger partial charge in [0.05, 0.1) is 33.2 Å². The van der Waals surface area contributed by atoms with Crippen LogP contribution in [0.25, 0.3) is 10.9 Å². The Bertz CT molecular complexity index is 1320. The van der Waals surface area contributed by atoms with Gasteiger partial charge >= 0.3 is 0 Å². The third kappa shape index (κ3) is 4.29. The zero-order valence-corrected chi connectivity index (χ0v) is 20.7. The lowest BCUT2D eigenvalue weighted by Gasteiger charge is -2.40. The summed E-state index contributed by atoms with van der Waals surface area (Å²) in [6, 6.07) is 26.2. The fourth-order valence-electron chi connectivity index (χ4n) is 4.69. The summed E-state index contributed by atoms with van der Waals surface area (Å²) < 4.78 is 8.08. The molecule has 0 amide bonds. The second-order valence-electron chi connectivity index (χ2n) is 9.88. The Morgan fingerprint density at radius 3 is 2.52 bits per heavy atom. The number of halogens is 1. The van der Waals surface area contributed by atoms with E-state index < -0.39 is 5.60 Å². The number of pyridine rings is 1. The van der Waals surface area contributed by atoms with Crippen LogP contribution < -0.4 is 4.74 Å². The molecule has 0 aliphatic carbocycles. The minimum atomic E-state index is -1.14. The van der Waals surface area contributed by atoms with Crippen LogP contribution in [0.2, 0.25) is 0 Å². The number of rotatable bonds is 4. The zero-order chi connectivity index (χ0) is 23.2. The van der Waals surface area contributed by atoms with Gasteiger partial charge in [-0.25, -0.2) is 4.98 Å². The second-order valence-corrected chi connectivity index (χ2v) is 10.8. The number of hydrogen-bond acceptors (Lipinski definition) is 3. The van der Waals surface area contributed by atoms with Crippen molar-refractivity contribution in [2.75, 3.05) is 27.7 Å². The van der Waals surface area contributed by atoms with E-state index in [0.717, 1.165) is 43.1 Å². The maximum atomic E-state index is 12.6. The van der Waals surface area contributed by atoms with Gasteiger partial charge in [-0.15, -0.1) is 0 Å². The molecule has 2 heterocycles. The van der Waals surface area contributed by atoms with Gasteiger partial charge in [-0.2, -0.15) is 0 Å². The van der Waals surface area contributed by atoms with Gasteiger partial charge in [0.2, 0.25) is 5.88 Å². The molecule has 168 valence electrons. The molecule has 2 bridgehead atoms. The molecule has 0 saturated heterocycles. The van der Waals surface area contributed by atoms with Gasteiger partial charge in [0.15, 0.2) is 0 Å². The van der Waals surface area contributed by atoms with Crippen LogP contribution >= 0.6 is 15.9 Å². The number of ether oxygens (including phenoxy) is 1. The number of hydrogen-bond donors (Lipinski definition) is 1. The molecule has 0 radical (unpaired) electrons. The second kappa shape index (κ2) is 8.24. The minimum absolute atomic E-state index is 0.341. The number of nitrogens with zero attached hydrogens (tertiary/aromatic N) is 2. The summed E-state index contributed by atoms with van der Waals surface area (Å²) in [7, 11) is 6.47. The Kier molecular flexibility index (Phi) is 5.52. The highest BCUT2D eigenvalue weighted by molar-refractivity contribution is 9.10. The third-order valence-electron chi connectivity index (χ3n) is 6.40. The number of aromatic nitrogens is 1. The van der Waals surface area contributed by atoms with Gasteiger partial charge in [0.1, 0.15) is 11.4 Å². The molecule has 2 atom stereocenters. The van der Waals surface area contributed by atoms with E-state index in [2.05, 4.69) is 61.3 Å². The molecule has 33 heavy (non-hydrogen) atoms. The van der Waals surface area contributed by atoms with Crippen molar-refractivity contribution >= 4 is 26.8 Å². The molecule has 5 heteroatoms. The Labute approximate surface area is 203 Å². The Hall–Kier alpha value is -2.73. The predicted molar refractivity (Wildman–Crippen MR) is 136 cm³/mol. The third-order valence-corrected chi connectivity index (χ3v) is 6.90. The normalized spacial score (nSPS) is 20.0. The fraction of sp³-hybridized carbons (Fsp3) is 0.250. The van der Waals surface area contributed by atoms with Gasteiger partial charge in [0.25, 0.3) is 0 Å². The first-order valence-electron chi connectivity index (χ1n) is 11.2. The van der Waals surface area contributed by atoms with Crippen LogP contribution in [0.4, 0.5) is 0 Å². The molecule has 1 aromatic heterocycles. The lowest BCUT2D eigenvalue weighted by atomic mass is 9.71. The van der Waals surface area contributed by atoms with Crippen molar-refractivity contribution in [1.29, 1.82) is 0 Å². The highest BCUT2D eigenvalue weighted by Crippen LogP contribution is 2.50. The minimum Gasteiger partial charge on any atom is -0.439 e. The standard InChI is InChI=1S/C28H28BrN2O2/c1-31(2,3)15-14-28(32)21-10-7-11-23(18-21)33-27-24(26(28)19-8-5-4-6-9-19)17-20-16-22(29)12-13-25(20)30-27/h4-13,16-18,26,32H,14-15H2,1-3H3/q+1. The van der Waals surface area contributed by atoms with Crippen LogP contribution in [-0.2, 0) is 5.60 Å². The molecule has 1 N–H and O–H groups in total. The quantitative estimate of drug-likeness (QED) is 0.336. The van der Waals surface area contributed by atoms with Gasteiger partial charge in [0, 0.05) is 27.8 Å². The molecule has 4 aromatic rings. The summed E-state index contributed by atoms with van der Waals surface area (Å²) in [5.74, 6) is 0.888. The van der Waals surface area contributed by atoms with E-state index in [4.69, 9.17) is 9.72 Å². The summed E-state index contributed by atoms with van der Waals surface area (Å²) in [5, 5.41) is 13.6. The van der Waals surface area contributed by atoms with E-state index in [9.17, 15) is 5.11 Å². The maximum Gasteiger partial charge on any atom is 0.223 e. The number of fused-ring (bicyclic) bond motifs is 4. The molecule has 2 unspecified atom stereocenters. The number of quaternary nitrogens is 1. The molecule has 0 saturated carbocycles. The van der Waals surface area contributed by atoms with Crippen molar-refractivity contribution in [2.24, 2.45) is 0 Å². The Balaban J connectivity index is 1.81. The van der Waals surface area contributed by atoms with Crippen molar-refractivity contribution in [3.8, 4) is 11.6 Å². The van der Waals surface area contributed by atoms with Gasteiger partial charge in [-0.1, -0.05) is 58.4 Å². The molecule has 1 aliphatic rings. The van der Waals surface area contributed by atoms with Crippen LogP contribution in [0.5, 0.6) is 11.6 Å². The predicted octanol–water partition coefficient (Wildman–Crippen LogP) is 6.22. The smallest absolute Gasteiger partial charge is 0.223 e. The average molecular weight is 504 g/mol. The lowest BCUT2D eigenvalue weighted by Crippen LogP contribution is -2.43. The zero-order valence-electron chi connectivity index (χ0n) is 19.1. The molecular weight excluding hydrogens is 476 g/mol. The Morgan fingerprint density at radius 2 is 1.76 bits per heavy atom. The van der Waals surface area contributed by atoms with Crippen molar-refractivity contribution in [3.05, 3.63) is 100 Å². The first kappa shape index (κ1) is 22.1. The maximum absolute atomic E-state index is 12.6. The molecule has 0 spiro atoms. The summed E-state index contributed by atoms with van der Waals surface area (Å²) in [6.45, 7) is 0.812. The van der Waals surface area contributed by atoms with Gasteiger partial charge < -0.3 is 14.3 Å². The monoisotopic (exact) mass is 503 g/mol. The van der Waals surface area contributed by atoms with Crippen molar-refractivity contribution in [3.63, 3.8) is 0 Å².